The number of fused-ring (bicyclic) bond motifs is 1. The predicted molar refractivity (Wildman–Crippen MR) is 96.0 cm³/mol. The molecule has 1 atom stereocenters. The van der Waals surface area contributed by atoms with Crippen molar-refractivity contribution in [1.29, 1.82) is 0 Å². The molecule has 24 heavy (non-hydrogen) atoms. The third-order valence-electron chi connectivity index (χ3n) is 4.78. The third-order valence-corrected chi connectivity index (χ3v) is 6.73. The molecule has 1 aromatic carbocycles. The summed E-state index contributed by atoms with van der Waals surface area (Å²) in [6.07, 6.45) is 3.45. The zero-order valence-electron chi connectivity index (χ0n) is 13.8. The summed E-state index contributed by atoms with van der Waals surface area (Å²) >= 11 is 0. The molecule has 0 bridgehead atoms. The SMILES string of the molecule is CC(=O)N1CCc2ccc(S(=O)(=O)N3CCCCC3CN)cc21.Cl. The van der Waals surface area contributed by atoms with Crippen molar-refractivity contribution in [1.82, 2.24) is 4.31 Å². The van der Waals surface area contributed by atoms with E-state index >= 15 is 0 Å². The normalized spacial score (nSPS) is 21.2. The van der Waals surface area contributed by atoms with Gasteiger partial charge in [0.05, 0.1) is 4.90 Å². The number of nitrogens with zero attached hydrogens (tertiary/aromatic N) is 2. The predicted octanol–water partition coefficient (Wildman–Crippen LogP) is 1.52. The van der Waals surface area contributed by atoms with E-state index in [1.807, 2.05) is 6.07 Å². The van der Waals surface area contributed by atoms with E-state index in [0.717, 1.165) is 36.9 Å². The molecule has 1 amide bonds. The van der Waals surface area contributed by atoms with Crippen LogP contribution in [0.1, 0.15) is 31.7 Å². The molecular formula is C16H24ClN3O3S. The fraction of sp³-hybridized carbons (Fsp3) is 0.562. The Balaban J connectivity index is 0.00000208. The van der Waals surface area contributed by atoms with Crippen LogP contribution in [-0.4, -0.2) is 44.3 Å². The Bertz CT molecular complexity index is 723. The maximum Gasteiger partial charge on any atom is 0.243 e. The van der Waals surface area contributed by atoms with E-state index in [1.165, 1.54) is 11.2 Å². The summed E-state index contributed by atoms with van der Waals surface area (Å²) in [5.41, 5.74) is 7.50. The van der Waals surface area contributed by atoms with Gasteiger partial charge in [-0.3, -0.25) is 4.79 Å². The summed E-state index contributed by atoms with van der Waals surface area (Å²) in [6, 6.07) is 4.99. The van der Waals surface area contributed by atoms with Gasteiger partial charge in [-0.25, -0.2) is 8.42 Å². The number of nitrogens with two attached hydrogens (primary N) is 1. The molecule has 0 aromatic heterocycles. The smallest absolute Gasteiger partial charge is 0.243 e. The molecule has 8 heteroatoms. The summed E-state index contributed by atoms with van der Waals surface area (Å²) in [7, 11) is -3.58. The highest BCUT2D eigenvalue weighted by Gasteiger charge is 2.34. The zero-order valence-corrected chi connectivity index (χ0v) is 15.4. The first-order valence-corrected chi connectivity index (χ1v) is 9.52. The molecule has 134 valence electrons. The number of benzene rings is 1. The maximum atomic E-state index is 13.0. The first kappa shape index (κ1) is 19.2. The van der Waals surface area contributed by atoms with Gasteiger partial charge in [0.1, 0.15) is 0 Å². The molecule has 2 heterocycles. The molecule has 1 saturated heterocycles. The number of rotatable bonds is 3. The van der Waals surface area contributed by atoms with Gasteiger partial charge in [-0.1, -0.05) is 12.5 Å². The van der Waals surface area contributed by atoms with E-state index in [2.05, 4.69) is 0 Å². The van der Waals surface area contributed by atoms with Gasteiger partial charge in [0.2, 0.25) is 15.9 Å². The highest BCUT2D eigenvalue weighted by atomic mass is 35.5. The van der Waals surface area contributed by atoms with E-state index in [4.69, 9.17) is 5.73 Å². The summed E-state index contributed by atoms with van der Waals surface area (Å²) in [5, 5.41) is 0. The highest BCUT2D eigenvalue weighted by Crippen LogP contribution is 2.33. The fourth-order valence-electron chi connectivity index (χ4n) is 3.51. The lowest BCUT2D eigenvalue weighted by molar-refractivity contribution is -0.116. The van der Waals surface area contributed by atoms with Gasteiger partial charge in [0, 0.05) is 38.3 Å². The maximum absolute atomic E-state index is 13.0. The van der Waals surface area contributed by atoms with E-state index in [-0.39, 0.29) is 29.3 Å². The molecular weight excluding hydrogens is 350 g/mol. The second-order valence-corrected chi connectivity index (χ2v) is 8.10. The topological polar surface area (TPSA) is 83.7 Å². The van der Waals surface area contributed by atoms with Crippen LogP contribution in [0, 0.1) is 0 Å². The summed E-state index contributed by atoms with van der Waals surface area (Å²) in [4.78, 5) is 13.6. The summed E-state index contributed by atoms with van der Waals surface area (Å²) < 4.78 is 27.5. The number of hydrogen-bond donors (Lipinski definition) is 1. The average Bonchev–Trinajstić information content (AvgIpc) is 2.98. The number of carbonyl (C=O) groups excluding carboxylic acids is 1. The van der Waals surface area contributed by atoms with Crippen LogP contribution < -0.4 is 10.6 Å². The van der Waals surface area contributed by atoms with Gasteiger partial charge < -0.3 is 10.6 Å². The third kappa shape index (κ3) is 3.31. The first-order chi connectivity index (χ1) is 10.9. The van der Waals surface area contributed by atoms with Crippen molar-refractivity contribution >= 4 is 34.0 Å². The van der Waals surface area contributed by atoms with Crippen LogP contribution in [0.5, 0.6) is 0 Å². The molecule has 0 aliphatic carbocycles. The Morgan fingerprint density at radius 1 is 1.29 bits per heavy atom. The Labute approximate surface area is 149 Å². The molecule has 1 unspecified atom stereocenters. The van der Waals surface area contributed by atoms with E-state index in [0.29, 0.717) is 19.6 Å². The Morgan fingerprint density at radius 2 is 2.04 bits per heavy atom. The number of carbonyl (C=O) groups is 1. The van der Waals surface area contributed by atoms with Crippen LogP contribution in [0.2, 0.25) is 0 Å². The minimum atomic E-state index is -3.58. The fourth-order valence-corrected chi connectivity index (χ4v) is 5.23. The van der Waals surface area contributed by atoms with Gasteiger partial charge in [0.25, 0.3) is 0 Å². The van der Waals surface area contributed by atoms with Crippen molar-refractivity contribution in [2.75, 3.05) is 24.5 Å². The monoisotopic (exact) mass is 373 g/mol. The van der Waals surface area contributed by atoms with Gasteiger partial charge in [-0.05, 0) is 37.0 Å². The molecule has 2 aliphatic rings. The number of piperidine rings is 1. The van der Waals surface area contributed by atoms with E-state index in [1.54, 1.807) is 17.0 Å². The highest BCUT2D eigenvalue weighted by molar-refractivity contribution is 7.89. The van der Waals surface area contributed by atoms with Gasteiger partial charge >= 0.3 is 0 Å². The van der Waals surface area contributed by atoms with Crippen molar-refractivity contribution in [2.24, 2.45) is 5.73 Å². The zero-order chi connectivity index (χ0) is 16.6. The molecule has 0 spiro atoms. The summed E-state index contributed by atoms with van der Waals surface area (Å²) in [5.74, 6) is -0.0592. The quantitative estimate of drug-likeness (QED) is 0.870. The van der Waals surface area contributed by atoms with Crippen LogP contribution in [0.3, 0.4) is 0 Å². The Morgan fingerprint density at radius 3 is 2.71 bits per heavy atom. The molecule has 2 N–H and O–H groups in total. The summed E-state index contributed by atoms with van der Waals surface area (Å²) in [6.45, 7) is 2.97. The van der Waals surface area contributed by atoms with Crippen molar-refractivity contribution in [3.8, 4) is 0 Å². The molecule has 1 fully saturated rings. The van der Waals surface area contributed by atoms with E-state index in [9.17, 15) is 13.2 Å². The lowest BCUT2D eigenvalue weighted by Crippen LogP contribution is -2.47. The number of hydrogen-bond acceptors (Lipinski definition) is 4. The first-order valence-electron chi connectivity index (χ1n) is 8.08. The second kappa shape index (κ2) is 7.39. The minimum Gasteiger partial charge on any atom is -0.329 e. The molecule has 1 aromatic rings. The Hall–Kier alpha value is -1.15. The van der Waals surface area contributed by atoms with Gasteiger partial charge in [-0.2, -0.15) is 4.31 Å². The van der Waals surface area contributed by atoms with E-state index < -0.39 is 10.0 Å². The van der Waals surface area contributed by atoms with Crippen LogP contribution in [0.15, 0.2) is 23.1 Å². The molecule has 0 saturated carbocycles. The minimum absolute atomic E-state index is 0. The van der Waals surface area contributed by atoms with Crippen LogP contribution in [0.4, 0.5) is 5.69 Å². The van der Waals surface area contributed by atoms with Crippen molar-refractivity contribution in [2.45, 2.75) is 43.5 Å². The number of sulfonamides is 1. The van der Waals surface area contributed by atoms with Crippen LogP contribution in [0.25, 0.3) is 0 Å². The van der Waals surface area contributed by atoms with Gasteiger partial charge in [0.15, 0.2) is 0 Å². The number of halogens is 1. The standard InChI is InChI=1S/C16H23N3O3S.ClH/c1-12(20)18-9-7-13-5-6-15(10-16(13)18)23(21,22)19-8-3-2-4-14(19)11-17;/h5-6,10,14H,2-4,7-9,11,17H2,1H3;1H. The van der Waals surface area contributed by atoms with Crippen molar-refractivity contribution in [3.63, 3.8) is 0 Å². The van der Waals surface area contributed by atoms with Crippen molar-refractivity contribution < 1.29 is 13.2 Å². The molecule has 6 nitrogen and oxygen atoms in total. The molecule has 0 radical (unpaired) electrons. The largest absolute Gasteiger partial charge is 0.329 e. The second-order valence-electron chi connectivity index (χ2n) is 6.21. The van der Waals surface area contributed by atoms with Crippen LogP contribution >= 0.6 is 12.4 Å². The number of amides is 1. The van der Waals surface area contributed by atoms with Crippen LogP contribution in [-0.2, 0) is 21.2 Å². The number of anilines is 1. The molecule has 2 aliphatic heterocycles. The molecule has 3 rings (SSSR count). The average molecular weight is 374 g/mol. The van der Waals surface area contributed by atoms with Gasteiger partial charge in [-0.15, -0.1) is 12.4 Å². The lowest BCUT2D eigenvalue weighted by atomic mass is 10.1. The van der Waals surface area contributed by atoms with Crippen molar-refractivity contribution in [3.05, 3.63) is 23.8 Å². The lowest BCUT2D eigenvalue weighted by Gasteiger charge is -2.34. The Kier molecular flexibility index (Phi) is 5.91.